The number of thiazole rings is 1. The zero-order valence-corrected chi connectivity index (χ0v) is 14.2. The van der Waals surface area contributed by atoms with E-state index < -0.39 is 0 Å². The number of H-pyrrole nitrogens is 1. The Balaban J connectivity index is 1.84. The van der Waals surface area contributed by atoms with Gasteiger partial charge in [-0.2, -0.15) is 0 Å². The van der Waals surface area contributed by atoms with Crippen molar-refractivity contribution in [2.45, 2.75) is 32.2 Å². The maximum atomic E-state index is 12.2. The summed E-state index contributed by atoms with van der Waals surface area (Å²) in [7, 11) is 0. The van der Waals surface area contributed by atoms with Crippen LogP contribution in [0, 0.1) is 5.41 Å². The molecular weight excluding hydrogens is 312 g/mol. The molecule has 0 saturated carbocycles. The highest BCUT2D eigenvalue weighted by Crippen LogP contribution is 2.31. The van der Waals surface area contributed by atoms with Crippen molar-refractivity contribution in [3.8, 4) is 0 Å². The summed E-state index contributed by atoms with van der Waals surface area (Å²) in [6, 6.07) is 0. The fourth-order valence-electron chi connectivity index (χ4n) is 2.46. The van der Waals surface area contributed by atoms with Crippen molar-refractivity contribution in [3.63, 3.8) is 0 Å². The van der Waals surface area contributed by atoms with Crippen LogP contribution in [0.2, 0.25) is 0 Å². The lowest BCUT2D eigenvalue weighted by Crippen LogP contribution is -2.46. The molecule has 0 atom stereocenters. The molecule has 3 N–H and O–H groups in total. The molecule has 0 spiro atoms. The third kappa shape index (κ3) is 3.26. The van der Waals surface area contributed by atoms with E-state index in [2.05, 4.69) is 25.2 Å². The first-order chi connectivity index (χ1) is 10.9. The summed E-state index contributed by atoms with van der Waals surface area (Å²) in [6.07, 6.45) is 2.84. The minimum atomic E-state index is -0.274. The molecular formula is C15H20N6OS. The van der Waals surface area contributed by atoms with Crippen LogP contribution in [0.5, 0.6) is 0 Å². The number of aromatic amines is 1. The SMILES string of the molecule is CC(C)(C)Nc1nc(C2CN(c3nccs3)C2)[nH]c(=O)c1C=N. The summed E-state index contributed by atoms with van der Waals surface area (Å²) < 4.78 is 0. The summed E-state index contributed by atoms with van der Waals surface area (Å²) in [4.78, 5) is 26.1. The first-order valence-electron chi connectivity index (χ1n) is 7.44. The van der Waals surface area contributed by atoms with Crippen LogP contribution in [-0.4, -0.2) is 39.8 Å². The van der Waals surface area contributed by atoms with Crippen molar-refractivity contribution in [1.29, 1.82) is 5.41 Å². The lowest BCUT2D eigenvalue weighted by Gasteiger charge is -2.38. The van der Waals surface area contributed by atoms with E-state index in [-0.39, 0.29) is 22.6 Å². The molecule has 3 heterocycles. The summed E-state index contributed by atoms with van der Waals surface area (Å²) in [5.74, 6) is 1.31. The fraction of sp³-hybridized carbons (Fsp3) is 0.467. The zero-order valence-electron chi connectivity index (χ0n) is 13.4. The van der Waals surface area contributed by atoms with E-state index in [1.54, 1.807) is 17.5 Å². The Morgan fingerprint density at radius 1 is 1.48 bits per heavy atom. The monoisotopic (exact) mass is 332 g/mol. The van der Waals surface area contributed by atoms with Crippen LogP contribution in [0.1, 0.15) is 38.1 Å². The molecule has 2 aromatic heterocycles. The van der Waals surface area contributed by atoms with Gasteiger partial charge in [-0.15, -0.1) is 11.3 Å². The van der Waals surface area contributed by atoms with Gasteiger partial charge in [-0.1, -0.05) is 0 Å². The van der Waals surface area contributed by atoms with Gasteiger partial charge in [0.1, 0.15) is 11.6 Å². The molecule has 0 aliphatic carbocycles. The average molecular weight is 332 g/mol. The van der Waals surface area contributed by atoms with Crippen molar-refractivity contribution in [3.05, 3.63) is 33.3 Å². The molecule has 0 radical (unpaired) electrons. The Hall–Kier alpha value is -2.22. The Morgan fingerprint density at radius 2 is 2.22 bits per heavy atom. The van der Waals surface area contributed by atoms with Gasteiger partial charge >= 0.3 is 0 Å². The number of nitrogens with zero attached hydrogens (tertiary/aromatic N) is 3. The Morgan fingerprint density at radius 3 is 2.78 bits per heavy atom. The quantitative estimate of drug-likeness (QED) is 0.744. The second-order valence-electron chi connectivity index (χ2n) is 6.65. The molecule has 0 amide bonds. The summed E-state index contributed by atoms with van der Waals surface area (Å²) in [5.41, 5.74) is -0.244. The van der Waals surface area contributed by atoms with Crippen LogP contribution in [0.4, 0.5) is 10.9 Å². The molecule has 1 fully saturated rings. The van der Waals surface area contributed by atoms with Crippen molar-refractivity contribution in [2.75, 3.05) is 23.3 Å². The highest BCUT2D eigenvalue weighted by atomic mass is 32.1. The Kier molecular flexibility index (Phi) is 3.93. The van der Waals surface area contributed by atoms with E-state index in [0.29, 0.717) is 11.6 Å². The average Bonchev–Trinajstić information content (AvgIpc) is 2.88. The Bertz CT molecular complexity index is 755. The summed E-state index contributed by atoms with van der Waals surface area (Å²) in [6.45, 7) is 7.56. The predicted molar refractivity (Wildman–Crippen MR) is 93.2 cm³/mol. The normalized spacial score (nSPS) is 15.3. The lowest BCUT2D eigenvalue weighted by atomic mass is 10.00. The largest absolute Gasteiger partial charge is 0.365 e. The first kappa shape index (κ1) is 15.7. The molecule has 1 saturated heterocycles. The van der Waals surface area contributed by atoms with E-state index in [4.69, 9.17) is 5.41 Å². The molecule has 0 unspecified atom stereocenters. The Labute approximate surface area is 138 Å². The third-order valence-corrected chi connectivity index (χ3v) is 4.40. The summed E-state index contributed by atoms with van der Waals surface area (Å²) in [5, 5.41) is 13.6. The lowest BCUT2D eigenvalue weighted by molar-refractivity contribution is 0.498. The van der Waals surface area contributed by atoms with Crippen LogP contribution >= 0.6 is 11.3 Å². The van der Waals surface area contributed by atoms with Crippen molar-refractivity contribution in [2.24, 2.45) is 0 Å². The van der Waals surface area contributed by atoms with Gasteiger partial charge in [-0.25, -0.2) is 9.97 Å². The van der Waals surface area contributed by atoms with Crippen LogP contribution in [0.15, 0.2) is 16.4 Å². The second-order valence-corrected chi connectivity index (χ2v) is 7.52. The van der Waals surface area contributed by atoms with Crippen molar-refractivity contribution in [1.82, 2.24) is 15.0 Å². The van der Waals surface area contributed by atoms with E-state index >= 15 is 0 Å². The predicted octanol–water partition coefficient (Wildman–Crippen LogP) is 2.04. The molecule has 7 nitrogen and oxygen atoms in total. The summed E-state index contributed by atoms with van der Waals surface area (Å²) >= 11 is 1.60. The minimum absolute atomic E-state index is 0.173. The zero-order chi connectivity index (χ0) is 16.6. The molecule has 1 aliphatic rings. The maximum Gasteiger partial charge on any atom is 0.261 e. The molecule has 23 heavy (non-hydrogen) atoms. The van der Waals surface area contributed by atoms with Gasteiger partial charge in [0.2, 0.25) is 0 Å². The molecule has 2 aromatic rings. The number of rotatable bonds is 4. The number of nitrogens with one attached hydrogen (secondary N) is 3. The molecule has 3 rings (SSSR count). The maximum absolute atomic E-state index is 12.2. The van der Waals surface area contributed by atoms with Gasteiger partial charge < -0.3 is 20.6 Å². The minimum Gasteiger partial charge on any atom is -0.365 e. The van der Waals surface area contributed by atoms with Crippen LogP contribution in [-0.2, 0) is 0 Å². The molecule has 122 valence electrons. The van der Waals surface area contributed by atoms with Gasteiger partial charge in [0.15, 0.2) is 5.13 Å². The van der Waals surface area contributed by atoms with Crippen LogP contribution in [0.25, 0.3) is 0 Å². The number of hydrogen-bond acceptors (Lipinski definition) is 7. The third-order valence-electron chi connectivity index (χ3n) is 3.57. The number of hydrogen-bond donors (Lipinski definition) is 3. The number of aromatic nitrogens is 3. The van der Waals surface area contributed by atoms with Crippen LogP contribution < -0.4 is 15.8 Å². The second kappa shape index (κ2) is 5.77. The molecule has 8 heteroatoms. The van der Waals surface area contributed by atoms with Gasteiger partial charge in [0.05, 0.1) is 11.5 Å². The van der Waals surface area contributed by atoms with Gasteiger partial charge in [0, 0.05) is 36.4 Å². The van der Waals surface area contributed by atoms with Crippen LogP contribution in [0.3, 0.4) is 0 Å². The standard InChI is InChI=1S/C15H20N6OS/c1-15(2,3)20-12-10(6-16)13(22)19-11(18-12)9-7-21(8-9)14-17-4-5-23-14/h4-6,9,16H,7-8H2,1-3H3,(H2,18,19,20,22). The highest BCUT2D eigenvalue weighted by Gasteiger charge is 2.32. The molecule has 0 bridgehead atoms. The molecule has 1 aliphatic heterocycles. The number of anilines is 2. The molecule has 0 aromatic carbocycles. The first-order valence-corrected chi connectivity index (χ1v) is 8.32. The van der Waals surface area contributed by atoms with Gasteiger partial charge in [-0.05, 0) is 20.8 Å². The van der Waals surface area contributed by atoms with E-state index in [0.717, 1.165) is 24.4 Å². The fourth-order valence-corrected chi connectivity index (χ4v) is 3.12. The topological polar surface area (TPSA) is 97.8 Å². The van der Waals surface area contributed by atoms with E-state index in [1.165, 1.54) is 0 Å². The van der Waals surface area contributed by atoms with Crippen molar-refractivity contribution >= 4 is 28.5 Å². The van der Waals surface area contributed by atoms with Gasteiger partial charge in [0.25, 0.3) is 5.56 Å². The van der Waals surface area contributed by atoms with E-state index in [9.17, 15) is 4.79 Å². The van der Waals surface area contributed by atoms with Crippen molar-refractivity contribution < 1.29 is 0 Å². The van der Waals surface area contributed by atoms with Gasteiger partial charge in [-0.3, -0.25) is 4.79 Å². The smallest absolute Gasteiger partial charge is 0.261 e. The van der Waals surface area contributed by atoms with E-state index in [1.807, 2.05) is 26.2 Å². The highest BCUT2D eigenvalue weighted by molar-refractivity contribution is 7.13.